The molecule has 1 saturated heterocycles. The van der Waals surface area contributed by atoms with Gasteiger partial charge in [-0.3, -0.25) is 9.69 Å². The second-order valence-corrected chi connectivity index (χ2v) is 9.51. The van der Waals surface area contributed by atoms with Crippen molar-refractivity contribution < 1.29 is 22.7 Å². The van der Waals surface area contributed by atoms with Crippen molar-refractivity contribution in [2.45, 2.75) is 19.6 Å². The van der Waals surface area contributed by atoms with E-state index in [0.717, 1.165) is 25.7 Å². The molecule has 0 unspecified atom stereocenters. The standard InChI is InChI=1S/C29H28F3N7O2/c1-3-37-12-14-38(15-13-37)19-23-7-6-21(17-24(23)29(30,31)32)28(40)35-25-16-20(8-10-33-25)4-5-22-18-34-39-11-9-26(41-2)36-27(22)39/h6-11,16-18H,3,12-15,19H2,1-2H3,(H,33,35,40). The van der Waals surface area contributed by atoms with E-state index in [4.69, 9.17) is 4.74 Å². The molecule has 4 heterocycles. The van der Waals surface area contributed by atoms with Gasteiger partial charge in [-0.1, -0.05) is 24.8 Å². The van der Waals surface area contributed by atoms with E-state index in [1.165, 1.54) is 25.4 Å². The second-order valence-electron chi connectivity index (χ2n) is 9.51. The van der Waals surface area contributed by atoms with Crippen LogP contribution in [0.15, 0.2) is 55.0 Å². The van der Waals surface area contributed by atoms with Crippen LogP contribution in [0.25, 0.3) is 5.65 Å². The van der Waals surface area contributed by atoms with Crippen LogP contribution in [-0.2, 0) is 12.7 Å². The molecule has 212 valence electrons. The molecule has 1 N–H and O–H groups in total. The van der Waals surface area contributed by atoms with Gasteiger partial charge in [0.05, 0.1) is 24.4 Å². The van der Waals surface area contributed by atoms with Crippen LogP contribution >= 0.6 is 0 Å². The van der Waals surface area contributed by atoms with Gasteiger partial charge in [0.1, 0.15) is 5.82 Å². The van der Waals surface area contributed by atoms with E-state index in [9.17, 15) is 18.0 Å². The van der Waals surface area contributed by atoms with Gasteiger partial charge >= 0.3 is 6.18 Å². The van der Waals surface area contributed by atoms with Crippen LogP contribution in [0, 0.1) is 11.8 Å². The Hall–Kier alpha value is -4.47. The number of piperazine rings is 1. The van der Waals surface area contributed by atoms with E-state index < -0.39 is 17.6 Å². The number of halogens is 3. The lowest BCUT2D eigenvalue weighted by Crippen LogP contribution is -2.45. The summed E-state index contributed by atoms with van der Waals surface area (Å²) in [4.78, 5) is 25.7. The Morgan fingerprint density at radius 2 is 1.85 bits per heavy atom. The number of pyridine rings is 1. The van der Waals surface area contributed by atoms with Crippen LogP contribution in [-0.4, -0.2) is 75.1 Å². The van der Waals surface area contributed by atoms with Gasteiger partial charge in [-0.25, -0.2) is 9.50 Å². The molecule has 41 heavy (non-hydrogen) atoms. The predicted molar refractivity (Wildman–Crippen MR) is 147 cm³/mol. The first kappa shape index (κ1) is 28.1. The summed E-state index contributed by atoms with van der Waals surface area (Å²) in [5.74, 6) is 5.86. The van der Waals surface area contributed by atoms with Gasteiger partial charge in [0.25, 0.3) is 5.91 Å². The van der Waals surface area contributed by atoms with E-state index in [0.29, 0.717) is 35.7 Å². The fourth-order valence-corrected chi connectivity index (χ4v) is 4.58. The zero-order chi connectivity index (χ0) is 29.0. The number of alkyl halides is 3. The highest BCUT2D eigenvalue weighted by Gasteiger charge is 2.34. The minimum absolute atomic E-state index is 0.110. The van der Waals surface area contributed by atoms with Gasteiger partial charge in [0, 0.05) is 62.3 Å². The minimum Gasteiger partial charge on any atom is -0.481 e. The molecule has 3 aromatic heterocycles. The largest absolute Gasteiger partial charge is 0.481 e. The van der Waals surface area contributed by atoms with E-state index >= 15 is 0 Å². The zero-order valence-corrected chi connectivity index (χ0v) is 22.6. The number of aromatic nitrogens is 4. The number of anilines is 1. The van der Waals surface area contributed by atoms with Crippen LogP contribution < -0.4 is 10.1 Å². The molecule has 0 saturated carbocycles. The van der Waals surface area contributed by atoms with Crippen LogP contribution in [0.2, 0.25) is 0 Å². The van der Waals surface area contributed by atoms with Crippen molar-refractivity contribution in [2.24, 2.45) is 0 Å². The van der Waals surface area contributed by atoms with Gasteiger partial charge in [-0.15, -0.1) is 0 Å². The van der Waals surface area contributed by atoms with Gasteiger partial charge in [-0.2, -0.15) is 23.3 Å². The summed E-state index contributed by atoms with van der Waals surface area (Å²) in [5, 5.41) is 6.79. The van der Waals surface area contributed by atoms with E-state index in [2.05, 4.69) is 44.0 Å². The third kappa shape index (κ3) is 6.65. The summed E-state index contributed by atoms with van der Waals surface area (Å²) < 4.78 is 48.7. The lowest BCUT2D eigenvalue weighted by Gasteiger charge is -2.34. The number of hydrogen-bond acceptors (Lipinski definition) is 7. The molecule has 0 atom stereocenters. The number of carbonyl (C=O) groups excluding carboxylic acids is 1. The summed E-state index contributed by atoms with van der Waals surface area (Å²) >= 11 is 0. The fourth-order valence-electron chi connectivity index (χ4n) is 4.58. The Morgan fingerprint density at radius 1 is 1.07 bits per heavy atom. The van der Waals surface area contributed by atoms with Crippen molar-refractivity contribution in [3.05, 3.63) is 82.8 Å². The fraction of sp³-hybridized carbons (Fsp3) is 0.310. The van der Waals surface area contributed by atoms with Crippen molar-refractivity contribution in [3.63, 3.8) is 0 Å². The number of hydrogen-bond donors (Lipinski definition) is 1. The number of nitrogens with zero attached hydrogens (tertiary/aromatic N) is 6. The summed E-state index contributed by atoms with van der Waals surface area (Å²) in [7, 11) is 1.52. The zero-order valence-electron chi connectivity index (χ0n) is 22.6. The average molecular weight is 564 g/mol. The normalized spacial score (nSPS) is 14.5. The molecule has 4 aromatic rings. The molecule has 0 aliphatic carbocycles. The van der Waals surface area contributed by atoms with Gasteiger partial charge < -0.3 is 15.0 Å². The number of nitrogens with one attached hydrogen (secondary N) is 1. The molecule has 0 bridgehead atoms. The minimum atomic E-state index is -4.60. The van der Waals surface area contributed by atoms with Crippen LogP contribution in [0.5, 0.6) is 5.88 Å². The van der Waals surface area contributed by atoms with E-state index in [1.807, 2.05) is 4.90 Å². The molecule has 1 aliphatic heterocycles. The number of likely N-dealkylation sites (N-methyl/N-ethyl adjacent to an activating group) is 1. The van der Waals surface area contributed by atoms with Gasteiger partial charge in [0.15, 0.2) is 5.65 Å². The van der Waals surface area contributed by atoms with Gasteiger partial charge in [0.2, 0.25) is 5.88 Å². The van der Waals surface area contributed by atoms with Crippen molar-refractivity contribution in [1.29, 1.82) is 0 Å². The molecule has 1 aliphatic rings. The van der Waals surface area contributed by atoms with Crippen molar-refractivity contribution >= 4 is 17.4 Å². The van der Waals surface area contributed by atoms with Crippen LogP contribution in [0.1, 0.15) is 39.5 Å². The highest BCUT2D eigenvalue weighted by Crippen LogP contribution is 2.33. The SMILES string of the molecule is CCN1CCN(Cc2ccc(C(=O)Nc3cc(C#Cc4cnn5ccc(OC)nc45)ccn3)cc2C(F)(F)F)CC1. The molecule has 0 radical (unpaired) electrons. The van der Waals surface area contributed by atoms with Gasteiger partial charge in [-0.05, 0) is 36.4 Å². The molecular weight excluding hydrogens is 535 g/mol. The molecular formula is C29H28F3N7O2. The van der Waals surface area contributed by atoms with Crippen LogP contribution in [0.3, 0.4) is 0 Å². The monoisotopic (exact) mass is 563 g/mol. The maximum absolute atomic E-state index is 14.0. The first-order valence-electron chi connectivity index (χ1n) is 13.1. The smallest absolute Gasteiger partial charge is 0.416 e. The Labute approximate surface area is 235 Å². The molecule has 0 spiro atoms. The van der Waals surface area contributed by atoms with Crippen molar-refractivity contribution in [1.82, 2.24) is 29.4 Å². The number of benzene rings is 1. The van der Waals surface area contributed by atoms with Crippen LogP contribution in [0.4, 0.5) is 19.0 Å². The number of amides is 1. The topological polar surface area (TPSA) is 87.9 Å². The number of rotatable bonds is 6. The van der Waals surface area contributed by atoms with Crippen molar-refractivity contribution in [3.8, 4) is 17.7 Å². The first-order chi connectivity index (χ1) is 19.7. The summed E-state index contributed by atoms with van der Waals surface area (Å²) in [6, 6.07) is 8.58. The molecule has 5 rings (SSSR count). The predicted octanol–water partition coefficient (Wildman–Crippen LogP) is 3.94. The summed E-state index contributed by atoms with van der Waals surface area (Å²) in [6.45, 7) is 6.19. The van der Waals surface area contributed by atoms with Crippen molar-refractivity contribution in [2.75, 3.05) is 45.2 Å². The highest BCUT2D eigenvalue weighted by atomic mass is 19.4. The number of fused-ring (bicyclic) bond motifs is 1. The molecule has 1 fully saturated rings. The summed E-state index contributed by atoms with van der Waals surface area (Å²) in [5.41, 5.74) is 0.849. The number of carbonyl (C=O) groups is 1. The average Bonchev–Trinajstić information content (AvgIpc) is 3.38. The maximum atomic E-state index is 14.0. The second kappa shape index (κ2) is 12.0. The lowest BCUT2D eigenvalue weighted by molar-refractivity contribution is -0.138. The third-order valence-electron chi connectivity index (χ3n) is 6.88. The quantitative estimate of drug-likeness (QED) is 0.356. The summed E-state index contributed by atoms with van der Waals surface area (Å²) in [6.07, 6.45) is 0.142. The Morgan fingerprint density at radius 3 is 2.59 bits per heavy atom. The Balaban J connectivity index is 1.31. The third-order valence-corrected chi connectivity index (χ3v) is 6.88. The molecule has 12 heteroatoms. The molecule has 1 aromatic carbocycles. The Bertz CT molecular complexity index is 1620. The first-order valence-corrected chi connectivity index (χ1v) is 13.1. The molecule has 9 nitrogen and oxygen atoms in total. The number of methoxy groups -OCH3 is 1. The number of ether oxygens (including phenoxy) is 1. The lowest BCUT2D eigenvalue weighted by atomic mass is 10.0. The molecule has 1 amide bonds. The Kier molecular flexibility index (Phi) is 8.19. The van der Waals surface area contributed by atoms with E-state index in [-0.39, 0.29) is 23.5 Å². The highest BCUT2D eigenvalue weighted by molar-refractivity contribution is 6.04. The maximum Gasteiger partial charge on any atom is 0.416 e. The van der Waals surface area contributed by atoms with E-state index in [1.54, 1.807) is 35.1 Å².